The number of nitrogen functional groups attached to an aromatic ring is 1. The number of benzene rings is 1. The smallest absolute Gasteiger partial charge is 0.250 e. The summed E-state index contributed by atoms with van der Waals surface area (Å²) >= 11 is 0. The van der Waals surface area contributed by atoms with E-state index in [1.54, 1.807) is 18.2 Å². The summed E-state index contributed by atoms with van der Waals surface area (Å²) in [6, 6.07) is 5.14. The molecule has 0 aliphatic rings. The van der Waals surface area contributed by atoms with Gasteiger partial charge in [-0.1, -0.05) is 0 Å². The Labute approximate surface area is 89.9 Å². The molecule has 1 amide bonds. The highest BCUT2D eigenvalue weighted by Crippen LogP contribution is 2.22. The highest BCUT2D eigenvalue weighted by Gasteiger charge is 2.12. The van der Waals surface area contributed by atoms with Gasteiger partial charge in [0, 0.05) is 18.8 Å². The van der Waals surface area contributed by atoms with Gasteiger partial charge in [0.2, 0.25) is 0 Å². The highest BCUT2D eigenvalue weighted by molar-refractivity contribution is 5.99. The van der Waals surface area contributed by atoms with Crippen LogP contribution in [0.25, 0.3) is 0 Å². The Morgan fingerprint density at radius 1 is 1.33 bits per heavy atom. The topological polar surface area (TPSA) is 72.3 Å². The first-order valence-corrected chi connectivity index (χ1v) is 5.04. The molecule has 15 heavy (non-hydrogen) atoms. The van der Waals surface area contributed by atoms with Crippen LogP contribution in [-0.2, 0) is 0 Å². The minimum absolute atomic E-state index is 0.420. The van der Waals surface area contributed by atoms with E-state index in [0.29, 0.717) is 11.3 Å². The zero-order valence-corrected chi connectivity index (χ0v) is 9.16. The van der Waals surface area contributed by atoms with Gasteiger partial charge in [0.25, 0.3) is 5.91 Å². The minimum atomic E-state index is -0.420. The normalized spacial score (nSPS) is 10.0. The quantitative estimate of drug-likeness (QED) is 0.729. The minimum Gasteiger partial charge on any atom is -0.399 e. The summed E-state index contributed by atoms with van der Waals surface area (Å²) in [7, 11) is 0. The average molecular weight is 207 g/mol. The van der Waals surface area contributed by atoms with E-state index in [4.69, 9.17) is 11.5 Å². The second-order valence-corrected chi connectivity index (χ2v) is 3.31. The van der Waals surface area contributed by atoms with Crippen LogP contribution in [0.5, 0.6) is 0 Å². The van der Waals surface area contributed by atoms with E-state index in [1.165, 1.54) is 0 Å². The maximum Gasteiger partial charge on any atom is 0.250 e. The Hall–Kier alpha value is -1.71. The number of rotatable bonds is 4. The van der Waals surface area contributed by atoms with Gasteiger partial charge >= 0.3 is 0 Å². The van der Waals surface area contributed by atoms with Gasteiger partial charge in [-0.2, -0.15) is 0 Å². The Bertz CT molecular complexity index is 359. The molecule has 0 spiro atoms. The molecule has 4 nitrogen and oxygen atoms in total. The van der Waals surface area contributed by atoms with E-state index in [-0.39, 0.29) is 0 Å². The first-order chi connectivity index (χ1) is 7.10. The van der Waals surface area contributed by atoms with Gasteiger partial charge in [0.15, 0.2) is 0 Å². The zero-order chi connectivity index (χ0) is 11.4. The lowest BCUT2D eigenvalue weighted by Gasteiger charge is -2.23. The fraction of sp³-hybridized carbons (Fsp3) is 0.364. The predicted molar refractivity (Wildman–Crippen MR) is 62.9 cm³/mol. The standard InChI is InChI=1S/C11H17N3O/c1-3-14(4-2)10-7-8(12)5-6-9(10)11(13)15/h5-7H,3-4,12H2,1-2H3,(H2,13,15). The number of carbonyl (C=O) groups excluding carboxylic acids is 1. The summed E-state index contributed by atoms with van der Waals surface area (Å²) in [5.41, 5.74) is 13.0. The van der Waals surface area contributed by atoms with Crippen molar-refractivity contribution in [3.05, 3.63) is 23.8 Å². The lowest BCUT2D eigenvalue weighted by molar-refractivity contribution is 0.100. The van der Waals surface area contributed by atoms with Crippen molar-refractivity contribution in [3.8, 4) is 0 Å². The van der Waals surface area contributed by atoms with Crippen molar-refractivity contribution in [1.29, 1.82) is 0 Å². The van der Waals surface area contributed by atoms with Crippen LogP contribution in [0, 0.1) is 0 Å². The molecule has 1 aromatic carbocycles. The summed E-state index contributed by atoms with van der Waals surface area (Å²) in [6.07, 6.45) is 0. The Balaban J connectivity index is 3.22. The molecule has 0 unspecified atom stereocenters. The largest absolute Gasteiger partial charge is 0.399 e. The second kappa shape index (κ2) is 4.68. The van der Waals surface area contributed by atoms with Crippen LogP contribution in [0.2, 0.25) is 0 Å². The van der Waals surface area contributed by atoms with E-state index in [1.807, 2.05) is 13.8 Å². The molecule has 0 saturated carbocycles. The molecule has 0 atom stereocenters. The molecular weight excluding hydrogens is 190 g/mol. The van der Waals surface area contributed by atoms with Crippen molar-refractivity contribution in [2.45, 2.75) is 13.8 Å². The maximum atomic E-state index is 11.2. The van der Waals surface area contributed by atoms with Gasteiger partial charge in [0.1, 0.15) is 0 Å². The molecule has 0 aliphatic heterocycles. The van der Waals surface area contributed by atoms with Crippen LogP contribution >= 0.6 is 0 Å². The SMILES string of the molecule is CCN(CC)c1cc(N)ccc1C(N)=O. The summed E-state index contributed by atoms with van der Waals surface area (Å²) in [4.78, 5) is 13.3. The molecular formula is C11H17N3O. The maximum absolute atomic E-state index is 11.2. The molecule has 0 heterocycles. The number of amides is 1. The highest BCUT2D eigenvalue weighted by atomic mass is 16.1. The van der Waals surface area contributed by atoms with Crippen molar-refractivity contribution < 1.29 is 4.79 Å². The average Bonchev–Trinajstić information content (AvgIpc) is 2.19. The lowest BCUT2D eigenvalue weighted by atomic mass is 10.1. The number of hydrogen-bond acceptors (Lipinski definition) is 3. The monoisotopic (exact) mass is 207 g/mol. The molecule has 4 N–H and O–H groups in total. The summed E-state index contributed by atoms with van der Waals surface area (Å²) in [5, 5.41) is 0. The molecule has 1 aromatic rings. The van der Waals surface area contributed by atoms with Crippen LogP contribution < -0.4 is 16.4 Å². The number of hydrogen-bond donors (Lipinski definition) is 2. The van der Waals surface area contributed by atoms with Crippen LogP contribution in [-0.4, -0.2) is 19.0 Å². The number of anilines is 2. The van der Waals surface area contributed by atoms with Gasteiger partial charge in [-0.05, 0) is 32.0 Å². The molecule has 0 radical (unpaired) electrons. The fourth-order valence-electron chi connectivity index (χ4n) is 1.58. The molecule has 1 rings (SSSR count). The van der Waals surface area contributed by atoms with Crippen molar-refractivity contribution in [2.24, 2.45) is 5.73 Å². The third kappa shape index (κ3) is 2.40. The van der Waals surface area contributed by atoms with Crippen LogP contribution in [0.15, 0.2) is 18.2 Å². The van der Waals surface area contributed by atoms with Crippen LogP contribution in [0.3, 0.4) is 0 Å². The Morgan fingerprint density at radius 3 is 2.40 bits per heavy atom. The number of carbonyl (C=O) groups is 1. The second-order valence-electron chi connectivity index (χ2n) is 3.31. The predicted octanol–water partition coefficient (Wildman–Crippen LogP) is 1.21. The van der Waals surface area contributed by atoms with Gasteiger partial charge in [-0.25, -0.2) is 0 Å². The molecule has 82 valence electrons. The van der Waals surface area contributed by atoms with Gasteiger partial charge in [-0.3, -0.25) is 4.79 Å². The number of primary amides is 1. The van der Waals surface area contributed by atoms with E-state index in [0.717, 1.165) is 18.8 Å². The number of nitrogens with two attached hydrogens (primary N) is 2. The molecule has 0 bridgehead atoms. The zero-order valence-electron chi connectivity index (χ0n) is 9.16. The van der Waals surface area contributed by atoms with Crippen molar-refractivity contribution in [1.82, 2.24) is 0 Å². The van der Waals surface area contributed by atoms with E-state index >= 15 is 0 Å². The van der Waals surface area contributed by atoms with Gasteiger partial charge in [0.05, 0.1) is 11.3 Å². The molecule has 4 heteroatoms. The Morgan fingerprint density at radius 2 is 1.93 bits per heavy atom. The molecule has 0 saturated heterocycles. The van der Waals surface area contributed by atoms with Crippen LogP contribution in [0.1, 0.15) is 24.2 Å². The van der Waals surface area contributed by atoms with E-state index in [2.05, 4.69) is 4.90 Å². The van der Waals surface area contributed by atoms with E-state index < -0.39 is 5.91 Å². The molecule has 0 aromatic heterocycles. The molecule has 0 aliphatic carbocycles. The van der Waals surface area contributed by atoms with E-state index in [9.17, 15) is 4.79 Å². The lowest BCUT2D eigenvalue weighted by Crippen LogP contribution is -2.26. The first kappa shape index (κ1) is 11.4. The summed E-state index contributed by atoms with van der Waals surface area (Å²) < 4.78 is 0. The number of nitrogens with zero attached hydrogens (tertiary/aromatic N) is 1. The summed E-state index contributed by atoms with van der Waals surface area (Å²) in [6.45, 7) is 5.69. The Kier molecular flexibility index (Phi) is 3.55. The van der Waals surface area contributed by atoms with Gasteiger partial charge < -0.3 is 16.4 Å². The third-order valence-corrected chi connectivity index (χ3v) is 2.39. The van der Waals surface area contributed by atoms with Crippen molar-refractivity contribution in [3.63, 3.8) is 0 Å². The van der Waals surface area contributed by atoms with Crippen molar-refractivity contribution >= 4 is 17.3 Å². The van der Waals surface area contributed by atoms with Crippen molar-refractivity contribution in [2.75, 3.05) is 23.7 Å². The third-order valence-electron chi connectivity index (χ3n) is 2.39. The summed E-state index contributed by atoms with van der Waals surface area (Å²) in [5.74, 6) is -0.420. The van der Waals surface area contributed by atoms with Gasteiger partial charge in [-0.15, -0.1) is 0 Å². The molecule has 0 fully saturated rings. The fourth-order valence-corrected chi connectivity index (χ4v) is 1.58. The first-order valence-electron chi connectivity index (χ1n) is 5.04. The van der Waals surface area contributed by atoms with Crippen LogP contribution in [0.4, 0.5) is 11.4 Å².